The van der Waals surface area contributed by atoms with Crippen LogP contribution in [0, 0.1) is 5.92 Å². The van der Waals surface area contributed by atoms with Crippen LogP contribution in [0.3, 0.4) is 0 Å². The lowest BCUT2D eigenvalue weighted by Crippen LogP contribution is -2.13. The molecular weight excluding hydrogens is 282 g/mol. The Balaban J connectivity index is 1.96. The molecule has 1 aliphatic heterocycles. The molecule has 1 aromatic carbocycles. The van der Waals surface area contributed by atoms with Gasteiger partial charge in [-0.15, -0.1) is 0 Å². The lowest BCUT2D eigenvalue weighted by atomic mass is 10.0. The van der Waals surface area contributed by atoms with Crippen molar-refractivity contribution in [2.24, 2.45) is 11.7 Å². The molecule has 1 aliphatic carbocycles. The predicted octanol–water partition coefficient (Wildman–Crippen LogP) is 3.02. The molecular formula is C13H16BrNO2. The van der Waals surface area contributed by atoms with E-state index in [1.807, 2.05) is 12.1 Å². The summed E-state index contributed by atoms with van der Waals surface area (Å²) >= 11 is 3.58. The summed E-state index contributed by atoms with van der Waals surface area (Å²) in [4.78, 5) is 0. The minimum absolute atomic E-state index is 0.113. The third kappa shape index (κ3) is 2.29. The quantitative estimate of drug-likeness (QED) is 0.912. The number of fused-ring (bicyclic) bond motifs is 1. The van der Waals surface area contributed by atoms with Gasteiger partial charge in [-0.25, -0.2) is 0 Å². The van der Waals surface area contributed by atoms with Crippen LogP contribution in [-0.2, 0) is 0 Å². The van der Waals surface area contributed by atoms with Crippen molar-refractivity contribution in [1.29, 1.82) is 0 Å². The third-order valence-electron chi connectivity index (χ3n) is 3.36. The Morgan fingerprint density at radius 2 is 1.82 bits per heavy atom. The highest BCUT2D eigenvalue weighted by Crippen LogP contribution is 2.44. The number of hydrogen-bond acceptors (Lipinski definition) is 3. The van der Waals surface area contributed by atoms with Gasteiger partial charge in [0.15, 0.2) is 11.5 Å². The van der Waals surface area contributed by atoms with E-state index in [2.05, 4.69) is 15.9 Å². The first-order valence-corrected chi connectivity index (χ1v) is 6.89. The molecule has 0 amide bonds. The van der Waals surface area contributed by atoms with Gasteiger partial charge in [-0.3, -0.25) is 0 Å². The fraction of sp³-hybridized carbons (Fsp3) is 0.538. The normalized spacial score (nSPS) is 20.8. The molecule has 1 heterocycles. The molecule has 17 heavy (non-hydrogen) atoms. The van der Waals surface area contributed by atoms with Crippen molar-refractivity contribution < 1.29 is 9.47 Å². The van der Waals surface area contributed by atoms with Crippen LogP contribution < -0.4 is 15.2 Å². The zero-order valence-electron chi connectivity index (χ0n) is 9.62. The number of halogens is 1. The van der Waals surface area contributed by atoms with Crippen LogP contribution >= 0.6 is 15.9 Å². The highest BCUT2D eigenvalue weighted by Gasteiger charge is 2.31. The molecule has 1 saturated carbocycles. The van der Waals surface area contributed by atoms with Gasteiger partial charge in [0, 0.05) is 16.9 Å². The number of ether oxygens (including phenoxy) is 2. The van der Waals surface area contributed by atoms with Crippen LogP contribution in [0.5, 0.6) is 11.5 Å². The van der Waals surface area contributed by atoms with E-state index >= 15 is 0 Å². The van der Waals surface area contributed by atoms with Gasteiger partial charge in [0.2, 0.25) is 0 Å². The molecule has 92 valence electrons. The first-order valence-electron chi connectivity index (χ1n) is 6.10. The van der Waals surface area contributed by atoms with E-state index in [-0.39, 0.29) is 6.04 Å². The Hall–Kier alpha value is -0.740. The second-order valence-corrected chi connectivity index (χ2v) is 5.59. The van der Waals surface area contributed by atoms with Crippen molar-refractivity contribution in [2.75, 3.05) is 13.2 Å². The average molecular weight is 298 g/mol. The van der Waals surface area contributed by atoms with E-state index in [1.165, 1.54) is 12.8 Å². The maximum Gasteiger partial charge on any atom is 0.162 e. The highest BCUT2D eigenvalue weighted by molar-refractivity contribution is 9.10. The number of rotatable bonds is 2. The second kappa shape index (κ2) is 4.50. The van der Waals surface area contributed by atoms with E-state index in [0.29, 0.717) is 19.1 Å². The highest BCUT2D eigenvalue weighted by atomic mass is 79.9. The van der Waals surface area contributed by atoms with Gasteiger partial charge in [-0.05, 0) is 36.5 Å². The van der Waals surface area contributed by atoms with Crippen molar-refractivity contribution >= 4 is 15.9 Å². The van der Waals surface area contributed by atoms with E-state index in [4.69, 9.17) is 15.2 Å². The first kappa shape index (κ1) is 11.4. The maximum absolute atomic E-state index is 6.25. The molecule has 1 atom stereocenters. The fourth-order valence-corrected chi connectivity index (χ4v) is 2.75. The van der Waals surface area contributed by atoms with Gasteiger partial charge in [0.1, 0.15) is 0 Å². The maximum atomic E-state index is 6.25. The number of benzene rings is 1. The van der Waals surface area contributed by atoms with Crippen LogP contribution in [0.1, 0.15) is 30.9 Å². The molecule has 1 unspecified atom stereocenters. The molecule has 0 bridgehead atoms. The molecule has 3 nitrogen and oxygen atoms in total. The SMILES string of the molecule is NC(c1cc2c(cc1Br)OCCCO2)C1CC1. The predicted molar refractivity (Wildman–Crippen MR) is 69.4 cm³/mol. The molecule has 2 aliphatic rings. The molecule has 1 aromatic rings. The van der Waals surface area contributed by atoms with Crippen molar-refractivity contribution in [3.05, 3.63) is 22.2 Å². The summed E-state index contributed by atoms with van der Waals surface area (Å²) in [6.07, 6.45) is 3.40. The molecule has 3 rings (SSSR count). The van der Waals surface area contributed by atoms with E-state index in [9.17, 15) is 0 Å². The minimum Gasteiger partial charge on any atom is -0.490 e. The topological polar surface area (TPSA) is 44.5 Å². The Labute approximate surface area is 109 Å². The van der Waals surface area contributed by atoms with E-state index in [0.717, 1.165) is 28.0 Å². The Morgan fingerprint density at radius 1 is 1.18 bits per heavy atom. The smallest absolute Gasteiger partial charge is 0.162 e. The Morgan fingerprint density at radius 3 is 2.47 bits per heavy atom. The van der Waals surface area contributed by atoms with Gasteiger partial charge >= 0.3 is 0 Å². The van der Waals surface area contributed by atoms with Gasteiger partial charge in [0.05, 0.1) is 13.2 Å². The fourth-order valence-electron chi connectivity index (χ4n) is 2.16. The lowest BCUT2D eigenvalue weighted by Gasteiger charge is -2.16. The molecule has 1 fully saturated rings. The molecule has 0 aromatic heterocycles. The van der Waals surface area contributed by atoms with E-state index in [1.54, 1.807) is 0 Å². The van der Waals surface area contributed by atoms with Crippen LogP contribution in [-0.4, -0.2) is 13.2 Å². The van der Waals surface area contributed by atoms with Crippen LogP contribution in [0.2, 0.25) is 0 Å². The standard InChI is InChI=1S/C13H16BrNO2/c14-10-7-12-11(16-4-1-5-17-12)6-9(10)13(15)8-2-3-8/h6-8,13H,1-5,15H2. The number of nitrogens with two attached hydrogens (primary N) is 1. The number of hydrogen-bond donors (Lipinski definition) is 1. The first-order chi connectivity index (χ1) is 8.25. The van der Waals surface area contributed by atoms with Crippen LogP contribution in [0.15, 0.2) is 16.6 Å². The second-order valence-electron chi connectivity index (χ2n) is 4.73. The average Bonchev–Trinajstić information content (AvgIpc) is 3.14. The van der Waals surface area contributed by atoms with Crippen LogP contribution in [0.25, 0.3) is 0 Å². The summed E-state index contributed by atoms with van der Waals surface area (Å²) in [5, 5.41) is 0. The Bertz CT molecular complexity index is 432. The zero-order valence-corrected chi connectivity index (χ0v) is 11.2. The summed E-state index contributed by atoms with van der Waals surface area (Å²) < 4.78 is 12.4. The summed E-state index contributed by atoms with van der Waals surface area (Å²) in [5.41, 5.74) is 7.38. The summed E-state index contributed by atoms with van der Waals surface area (Å²) in [5.74, 6) is 2.29. The summed E-state index contributed by atoms with van der Waals surface area (Å²) in [7, 11) is 0. The van der Waals surface area contributed by atoms with Gasteiger partial charge in [-0.2, -0.15) is 0 Å². The Kier molecular flexibility index (Phi) is 3.01. The van der Waals surface area contributed by atoms with Gasteiger partial charge < -0.3 is 15.2 Å². The summed E-state index contributed by atoms with van der Waals surface area (Å²) in [6.45, 7) is 1.43. The van der Waals surface area contributed by atoms with Crippen molar-refractivity contribution in [3.8, 4) is 11.5 Å². The molecule has 4 heteroatoms. The molecule has 0 saturated heterocycles. The van der Waals surface area contributed by atoms with Crippen molar-refractivity contribution in [1.82, 2.24) is 0 Å². The summed E-state index contributed by atoms with van der Waals surface area (Å²) in [6, 6.07) is 4.13. The van der Waals surface area contributed by atoms with Gasteiger partial charge in [0.25, 0.3) is 0 Å². The van der Waals surface area contributed by atoms with Crippen molar-refractivity contribution in [3.63, 3.8) is 0 Å². The minimum atomic E-state index is 0.113. The molecule has 0 spiro atoms. The van der Waals surface area contributed by atoms with Crippen LogP contribution in [0.4, 0.5) is 0 Å². The third-order valence-corrected chi connectivity index (χ3v) is 4.04. The lowest BCUT2D eigenvalue weighted by molar-refractivity contribution is 0.297. The van der Waals surface area contributed by atoms with Gasteiger partial charge in [-0.1, -0.05) is 15.9 Å². The van der Waals surface area contributed by atoms with Crippen molar-refractivity contribution in [2.45, 2.75) is 25.3 Å². The monoisotopic (exact) mass is 297 g/mol. The molecule has 2 N–H and O–H groups in total. The molecule has 0 radical (unpaired) electrons. The van der Waals surface area contributed by atoms with E-state index < -0.39 is 0 Å². The largest absolute Gasteiger partial charge is 0.490 e. The zero-order chi connectivity index (χ0) is 11.8.